The van der Waals surface area contributed by atoms with Gasteiger partial charge in [0.2, 0.25) is 0 Å². The summed E-state index contributed by atoms with van der Waals surface area (Å²) in [5.41, 5.74) is 1.12. The van der Waals surface area contributed by atoms with E-state index in [-0.39, 0.29) is 5.91 Å². The SMILES string of the molecule is CC#CC(=O)N1CCN(CCc2ccccn2)CC1. The van der Waals surface area contributed by atoms with E-state index in [0.717, 1.165) is 44.8 Å². The Morgan fingerprint density at radius 2 is 2.11 bits per heavy atom. The molecule has 0 saturated carbocycles. The van der Waals surface area contributed by atoms with Gasteiger partial charge in [0.1, 0.15) is 0 Å². The minimum absolute atomic E-state index is 0.0492. The Morgan fingerprint density at radius 3 is 2.74 bits per heavy atom. The average molecular weight is 257 g/mol. The van der Waals surface area contributed by atoms with Crippen LogP contribution in [0.2, 0.25) is 0 Å². The summed E-state index contributed by atoms with van der Waals surface area (Å²) >= 11 is 0. The molecule has 0 aliphatic carbocycles. The summed E-state index contributed by atoms with van der Waals surface area (Å²) < 4.78 is 0. The molecule has 1 aliphatic rings. The van der Waals surface area contributed by atoms with Crippen molar-refractivity contribution in [3.05, 3.63) is 30.1 Å². The van der Waals surface area contributed by atoms with Crippen molar-refractivity contribution in [2.45, 2.75) is 13.3 Å². The van der Waals surface area contributed by atoms with E-state index in [1.54, 1.807) is 6.92 Å². The smallest absolute Gasteiger partial charge is 0.298 e. The summed E-state index contributed by atoms with van der Waals surface area (Å²) in [4.78, 5) is 20.1. The van der Waals surface area contributed by atoms with Crippen LogP contribution >= 0.6 is 0 Å². The molecule has 1 aromatic heterocycles. The zero-order chi connectivity index (χ0) is 13.5. The molecule has 4 nitrogen and oxygen atoms in total. The first-order chi connectivity index (χ1) is 9.29. The van der Waals surface area contributed by atoms with Gasteiger partial charge < -0.3 is 4.90 Å². The van der Waals surface area contributed by atoms with Gasteiger partial charge in [-0.2, -0.15) is 0 Å². The number of pyridine rings is 1. The summed E-state index contributed by atoms with van der Waals surface area (Å²) in [7, 11) is 0. The fraction of sp³-hybridized carbons (Fsp3) is 0.467. The van der Waals surface area contributed by atoms with Crippen LogP contribution in [0, 0.1) is 11.8 Å². The lowest BCUT2D eigenvalue weighted by Gasteiger charge is -2.33. The van der Waals surface area contributed by atoms with Crippen molar-refractivity contribution in [1.82, 2.24) is 14.8 Å². The highest BCUT2D eigenvalue weighted by molar-refractivity contribution is 5.93. The van der Waals surface area contributed by atoms with Crippen molar-refractivity contribution < 1.29 is 4.79 Å². The van der Waals surface area contributed by atoms with Gasteiger partial charge in [0, 0.05) is 51.0 Å². The average Bonchev–Trinajstić information content (AvgIpc) is 2.47. The normalized spacial score (nSPS) is 15.7. The lowest BCUT2D eigenvalue weighted by molar-refractivity contribution is -0.126. The number of nitrogens with zero attached hydrogens (tertiary/aromatic N) is 3. The molecule has 1 aromatic rings. The molecule has 0 bridgehead atoms. The molecule has 0 spiro atoms. The second kappa shape index (κ2) is 6.91. The second-order valence-electron chi connectivity index (χ2n) is 4.58. The topological polar surface area (TPSA) is 36.4 Å². The Labute approximate surface area is 114 Å². The van der Waals surface area contributed by atoms with Gasteiger partial charge in [-0.1, -0.05) is 12.0 Å². The molecule has 0 atom stereocenters. The van der Waals surface area contributed by atoms with Crippen molar-refractivity contribution >= 4 is 5.91 Å². The van der Waals surface area contributed by atoms with Gasteiger partial charge in [-0.3, -0.25) is 14.7 Å². The van der Waals surface area contributed by atoms with Crippen molar-refractivity contribution in [1.29, 1.82) is 0 Å². The number of amides is 1. The minimum atomic E-state index is -0.0492. The largest absolute Gasteiger partial charge is 0.329 e. The van der Waals surface area contributed by atoms with E-state index >= 15 is 0 Å². The maximum atomic E-state index is 11.6. The first kappa shape index (κ1) is 13.6. The van der Waals surface area contributed by atoms with Crippen molar-refractivity contribution in [2.75, 3.05) is 32.7 Å². The third-order valence-electron chi connectivity index (χ3n) is 3.30. The molecule has 0 N–H and O–H groups in total. The Balaban J connectivity index is 1.74. The van der Waals surface area contributed by atoms with E-state index in [9.17, 15) is 4.79 Å². The van der Waals surface area contributed by atoms with Gasteiger partial charge in [-0.05, 0) is 25.0 Å². The summed E-state index contributed by atoms with van der Waals surface area (Å²) in [6, 6.07) is 6.00. The fourth-order valence-corrected chi connectivity index (χ4v) is 2.18. The third kappa shape index (κ3) is 4.08. The van der Waals surface area contributed by atoms with Gasteiger partial charge in [0.25, 0.3) is 5.91 Å². The van der Waals surface area contributed by atoms with Gasteiger partial charge in [-0.25, -0.2) is 0 Å². The molecule has 4 heteroatoms. The van der Waals surface area contributed by atoms with Gasteiger partial charge >= 0.3 is 0 Å². The van der Waals surface area contributed by atoms with Crippen LogP contribution in [-0.2, 0) is 11.2 Å². The van der Waals surface area contributed by atoms with E-state index < -0.39 is 0 Å². The highest BCUT2D eigenvalue weighted by Crippen LogP contribution is 2.04. The number of carbonyl (C=O) groups excluding carboxylic acids is 1. The van der Waals surface area contributed by atoms with E-state index in [1.165, 1.54) is 0 Å². The van der Waals surface area contributed by atoms with Crippen LogP contribution in [0.15, 0.2) is 24.4 Å². The van der Waals surface area contributed by atoms with Crippen molar-refractivity contribution in [2.24, 2.45) is 0 Å². The number of piperazine rings is 1. The van der Waals surface area contributed by atoms with Crippen LogP contribution in [0.5, 0.6) is 0 Å². The molecule has 0 aromatic carbocycles. The molecule has 1 fully saturated rings. The molecular weight excluding hydrogens is 238 g/mol. The quantitative estimate of drug-likeness (QED) is 0.751. The van der Waals surface area contributed by atoms with Gasteiger partial charge in [0.15, 0.2) is 0 Å². The number of carbonyl (C=O) groups is 1. The molecular formula is C15H19N3O. The molecule has 2 rings (SSSR count). The predicted octanol–water partition coefficient (Wildman–Crippen LogP) is 0.792. The Bertz CT molecular complexity index is 467. The maximum Gasteiger partial charge on any atom is 0.298 e. The number of rotatable bonds is 3. The zero-order valence-electron chi connectivity index (χ0n) is 11.3. The van der Waals surface area contributed by atoms with Crippen LogP contribution in [-0.4, -0.2) is 53.4 Å². The van der Waals surface area contributed by atoms with E-state index in [1.807, 2.05) is 23.2 Å². The Kier molecular flexibility index (Phi) is 4.93. The number of hydrogen-bond acceptors (Lipinski definition) is 3. The fourth-order valence-electron chi connectivity index (χ4n) is 2.18. The molecule has 0 radical (unpaired) electrons. The van der Waals surface area contributed by atoms with Crippen molar-refractivity contribution in [3.63, 3.8) is 0 Å². The molecule has 19 heavy (non-hydrogen) atoms. The lowest BCUT2D eigenvalue weighted by atomic mass is 10.2. The van der Waals surface area contributed by atoms with Crippen molar-refractivity contribution in [3.8, 4) is 11.8 Å². The maximum absolute atomic E-state index is 11.6. The Morgan fingerprint density at radius 1 is 1.32 bits per heavy atom. The summed E-state index contributed by atoms with van der Waals surface area (Å²) in [5.74, 6) is 5.21. The summed E-state index contributed by atoms with van der Waals surface area (Å²) in [5, 5.41) is 0. The first-order valence-corrected chi connectivity index (χ1v) is 6.63. The molecule has 2 heterocycles. The second-order valence-corrected chi connectivity index (χ2v) is 4.58. The molecule has 1 saturated heterocycles. The molecule has 1 amide bonds. The molecule has 1 aliphatic heterocycles. The third-order valence-corrected chi connectivity index (χ3v) is 3.30. The van der Waals surface area contributed by atoms with E-state index in [4.69, 9.17) is 0 Å². The standard InChI is InChI=1S/C15H19N3O/c1-2-5-15(19)18-12-10-17(11-13-18)9-7-14-6-3-4-8-16-14/h3-4,6,8H,7,9-13H2,1H3. The van der Waals surface area contributed by atoms with Gasteiger partial charge in [-0.15, -0.1) is 0 Å². The summed E-state index contributed by atoms with van der Waals surface area (Å²) in [6.07, 6.45) is 2.79. The molecule has 0 unspecified atom stereocenters. The first-order valence-electron chi connectivity index (χ1n) is 6.63. The Hall–Kier alpha value is -1.86. The van der Waals surface area contributed by atoms with E-state index in [0.29, 0.717) is 0 Å². The van der Waals surface area contributed by atoms with Crippen LogP contribution in [0.3, 0.4) is 0 Å². The van der Waals surface area contributed by atoms with Crippen LogP contribution in [0.4, 0.5) is 0 Å². The number of hydrogen-bond donors (Lipinski definition) is 0. The van der Waals surface area contributed by atoms with Crippen LogP contribution < -0.4 is 0 Å². The minimum Gasteiger partial charge on any atom is -0.329 e. The monoisotopic (exact) mass is 257 g/mol. The summed E-state index contributed by atoms with van der Waals surface area (Å²) in [6.45, 7) is 6.08. The van der Waals surface area contributed by atoms with Crippen LogP contribution in [0.25, 0.3) is 0 Å². The highest BCUT2D eigenvalue weighted by atomic mass is 16.2. The predicted molar refractivity (Wildman–Crippen MR) is 74.4 cm³/mol. The molecule has 100 valence electrons. The zero-order valence-corrected chi connectivity index (χ0v) is 11.3. The van der Waals surface area contributed by atoms with Gasteiger partial charge in [0.05, 0.1) is 0 Å². The highest BCUT2D eigenvalue weighted by Gasteiger charge is 2.19. The van der Waals surface area contributed by atoms with E-state index in [2.05, 4.69) is 27.8 Å². The lowest BCUT2D eigenvalue weighted by Crippen LogP contribution is -2.48. The number of aromatic nitrogens is 1. The van der Waals surface area contributed by atoms with Crippen LogP contribution in [0.1, 0.15) is 12.6 Å².